The number of oxazole rings is 1. The maximum absolute atomic E-state index is 12.5. The maximum atomic E-state index is 12.5. The lowest BCUT2D eigenvalue weighted by Gasteiger charge is -2.22. The Bertz CT molecular complexity index is 1210. The topological polar surface area (TPSA) is 134 Å². The van der Waals surface area contributed by atoms with E-state index in [0.717, 1.165) is 11.1 Å². The fourth-order valence-corrected chi connectivity index (χ4v) is 3.42. The summed E-state index contributed by atoms with van der Waals surface area (Å²) in [5.41, 5.74) is 8.94. The van der Waals surface area contributed by atoms with Crippen LogP contribution in [0, 0.1) is 5.41 Å². The second-order valence-electron chi connectivity index (χ2n) is 7.59. The fraction of sp³-hybridized carbons (Fsp3) is 0.160. The molecule has 0 saturated heterocycles. The number of carbonyl (C=O) groups excluding carboxylic acids is 1. The molecule has 4 aromatic rings. The lowest BCUT2D eigenvalue weighted by atomic mass is 10.00. The number of alkyl carbamates (subject to hydrolysis) is 1. The molecule has 1 aromatic heterocycles. The third kappa shape index (κ3) is 5.55. The van der Waals surface area contributed by atoms with Gasteiger partial charge in [0.25, 0.3) is 0 Å². The minimum Gasteiger partial charge on any atom is -0.445 e. The van der Waals surface area contributed by atoms with Crippen molar-refractivity contribution in [1.82, 2.24) is 10.3 Å². The molecule has 168 valence electrons. The number of aliphatic hydroxyl groups excluding tert-OH is 1. The summed E-state index contributed by atoms with van der Waals surface area (Å²) >= 11 is 0. The summed E-state index contributed by atoms with van der Waals surface area (Å²) in [7, 11) is 0. The third-order valence-corrected chi connectivity index (χ3v) is 5.18. The van der Waals surface area contributed by atoms with Gasteiger partial charge >= 0.3 is 6.09 Å². The Morgan fingerprint density at radius 3 is 2.42 bits per heavy atom. The standard InChI is InChI=1S/C25H24N4O4/c26-23(27)18-12-10-16(11-13-18)14-20(29-25(31)32-15-17-6-2-1-3-7-17)22(30)24-28-19-8-4-5-9-21(19)33-24/h1-13,20,22,30H,14-15H2,(H3,26,27)(H,29,31)/t20-,22?/m0/s1. The van der Waals surface area contributed by atoms with Crippen LogP contribution in [0.4, 0.5) is 4.79 Å². The first kappa shape index (κ1) is 22.0. The van der Waals surface area contributed by atoms with Crippen molar-refractivity contribution in [3.63, 3.8) is 0 Å². The zero-order valence-corrected chi connectivity index (χ0v) is 17.8. The molecule has 0 aliphatic rings. The van der Waals surface area contributed by atoms with E-state index in [2.05, 4.69) is 10.3 Å². The van der Waals surface area contributed by atoms with Gasteiger partial charge < -0.3 is 25.3 Å². The summed E-state index contributed by atoms with van der Waals surface area (Å²) in [5, 5.41) is 21.3. The maximum Gasteiger partial charge on any atom is 0.407 e. The van der Waals surface area contributed by atoms with Gasteiger partial charge in [0, 0.05) is 5.56 Å². The average molecular weight is 444 g/mol. The van der Waals surface area contributed by atoms with Gasteiger partial charge in [-0.1, -0.05) is 66.7 Å². The quantitative estimate of drug-likeness (QED) is 0.242. The summed E-state index contributed by atoms with van der Waals surface area (Å²) in [6, 6.07) is 22.7. The lowest BCUT2D eigenvalue weighted by molar-refractivity contribution is 0.0862. The van der Waals surface area contributed by atoms with Gasteiger partial charge in [0.1, 0.15) is 18.0 Å². The van der Waals surface area contributed by atoms with Crippen molar-refractivity contribution < 1.29 is 19.1 Å². The summed E-state index contributed by atoms with van der Waals surface area (Å²) in [6.45, 7) is 0.103. The number of aliphatic hydroxyl groups is 1. The van der Waals surface area contributed by atoms with E-state index in [1.54, 1.807) is 36.4 Å². The SMILES string of the molecule is N=C(N)c1ccc(C[C@H](NC(=O)OCc2ccccc2)C(O)c2nc3ccccc3o2)cc1. The normalized spacial score (nSPS) is 12.8. The van der Waals surface area contributed by atoms with Crippen LogP contribution in [0.25, 0.3) is 11.1 Å². The Morgan fingerprint density at radius 2 is 1.73 bits per heavy atom. The molecular formula is C25H24N4O4. The molecule has 0 aliphatic heterocycles. The Hall–Kier alpha value is -4.17. The van der Waals surface area contributed by atoms with Crippen LogP contribution in [0.3, 0.4) is 0 Å². The number of ether oxygens (including phenoxy) is 1. The first-order valence-electron chi connectivity index (χ1n) is 10.4. The fourth-order valence-electron chi connectivity index (χ4n) is 3.42. The van der Waals surface area contributed by atoms with Gasteiger partial charge in [-0.3, -0.25) is 5.41 Å². The predicted octanol–water partition coefficient (Wildman–Crippen LogP) is 3.68. The van der Waals surface area contributed by atoms with Gasteiger partial charge in [0.15, 0.2) is 11.7 Å². The van der Waals surface area contributed by atoms with Gasteiger partial charge in [0.2, 0.25) is 5.89 Å². The molecule has 8 nitrogen and oxygen atoms in total. The number of carbonyl (C=O) groups is 1. The van der Waals surface area contributed by atoms with E-state index >= 15 is 0 Å². The van der Waals surface area contributed by atoms with Crippen LogP contribution < -0.4 is 11.1 Å². The van der Waals surface area contributed by atoms with Crippen molar-refractivity contribution in [2.24, 2.45) is 5.73 Å². The van der Waals surface area contributed by atoms with Crippen molar-refractivity contribution >= 4 is 23.0 Å². The zero-order valence-electron chi connectivity index (χ0n) is 17.8. The number of amides is 1. The molecule has 8 heteroatoms. The van der Waals surface area contributed by atoms with Crippen LogP contribution in [0.5, 0.6) is 0 Å². The molecule has 5 N–H and O–H groups in total. The van der Waals surface area contributed by atoms with Crippen LogP contribution in [-0.2, 0) is 17.8 Å². The number of hydrogen-bond acceptors (Lipinski definition) is 6. The first-order valence-corrected chi connectivity index (χ1v) is 10.4. The van der Waals surface area contributed by atoms with Gasteiger partial charge in [-0.25, -0.2) is 9.78 Å². The predicted molar refractivity (Wildman–Crippen MR) is 124 cm³/mol. The first-order chi connectivity index (χ1) is 16.0. The molecule has 0 fully saturated rings. The second-order valence-corrected chi connectivity index (χ2v) is 7.59. The van der Waals surface area contributed by atoms with Crippen LogP contribution in [-0.4, -0.2) is 28.1 Å². The summed E-state index contributed by atoms with van der Waals surface area (Å²) in [4.78, 5) is 16.9. The number of amidine groups is 1. The van der Waals surface area contributed by atoms with E-state index in [4.69, 9.17) is 20.3 Å². The van der Waals surface area contributed by atoms with E-state index < -0.39 is 18.2 Å². The molecule has 33 heavy (non-hydrogen) atoms. The number of benzene rings is 3. The van der Waals surface area contributed by atoms with Crippen LogP contribution in [0.1, 0.15) is 28.7 Å². The smallest absolute Gasteiger partial charge is 0.407 e. The van der Waals surface area contributed by atoms with E-state index in [1.165, 1.54) is 0 Å². The Labute approximate surface area is 190 Å². The zero-order chi connectivity index (χ0) is 23.2. The van der Waals surface area contributed by atoms with Crippen molar-refractivity contribution in [2.75, 3.05) is 0 Å². The van der Waals surface area contributed by atoms with Gasteiger partial charge in [-0.05, 0) is 29.7 Å². The van der Waals surface area contributed by atoms with Gasteiger partial charge in [-0.2, -0.15) is 0 Å². The molecular weight excluding hydrogens is 420 g/mol. The van der Waals surface area contributed by atoms with Crippen molar-refractivity contribution in [2.45, 2.75) is 25.2 Å². The van der Waals surface area contributed by atoms with Crippen molar-refractivity contribution in [1.29, 1.82) is 5.41 Å². The average Bonchev–Trinajstić information content (AvgIpc) is 3.27. The highest BCUT2D eigenvalue weighted by atomic mass is 16.5. The number of nitrogens with two attached hydrogens (primary N) is 1. The lowest BCUT2D eigenvalue weighted by Crippen LogP contribution is -2.41. The number of rotatable bonds is 8. The largest absolute Gasteiger partial charge is 0.445 e. The molecule has 0 spiro atoms. The van der Waals surface area contributed by atoms with E-state index in [-0.39, 0.29) is 24.8 Å². The second kappa shape index (κ2) is 9.97. The van der Waals surface area contributed by atoms with Crippen LogP contribution in [0.15, 0.2) is 83.3 Å². The number of fused-ring (bicyclic) bond motifs is 1. The van der Waals surface area contributed by atoms with E-state index in [9.17, 15) is 9.90 Å². The highest BCUT2D eigenvalue weighted by molar-refractivity contribution is 5.94. The highest BCUT2D eigenvalue weighted by Gasteiger charge is 2.28. The molecule has 0 aliphatic carbocycles. The number of hydrogen-bond donors (Lipinski definition) is 4. The third-order valence-electron chi connectivity index (χ3n) is 5.18. The summed E-state index contributed by atoms with van der Waals surface area (Å²) in [5.74, 6) is 0.0668. The number of nitrogens with one attached hydrogen (secondary N) is 2. The molecule has 4 rings (SSSR count). The molecule has 1 amide bonds. The molecule has 2 atom stereocenters. The molecule has 1 unspecified atom stereocenters. The molecule has 0 bridgehead atoms. The van der Waals surface area contributed by atoms with E-state index in [1.807, 2.05) is 42.5 Å². The van der Waals surface area contributed by atoms with Crippen molar-refractivity contribution in [3.8, 4) is 0 Å². The van der Waals surface area contributed by atoms with Crippen LogP contribution in [0.2, 0.25) is 0 Å². The minimum absolute atomic E-state index is 0.0350. The Balaban J connectivity index is 1.52. The van der Waals surface area contributed by atoms with Gasteiger partial charge in [0.05, 0.1) is 6.04 Å². The molecule has 3 aromatic carbocycles. The number of nitrogen functional groups attached to an aromatic ring is 1. The highest BCUT2D eigenvalue weighted by Crippen LogP contribution is 2.24. The molecule has 0 radical (unpaired) electrons. The summed E-state index contributed by atoms with van der Waals surface area (Å²) in [6.07, 6.45) is -1.60. The number of nitrogens with zero attached hydrogens (tertiary/aromatic N) is 1. The minimum atomic E-state index is -1.21. The van der Waals surface area contributed by atoms with Crippen LogP contribution >= 0.6 is 0 Å². The number of para-hydroxylation sites is 2. The summed E-state index contributed by atoms with van der Waals surface area (Å²) < 4.78 is 11.0. The van der Waals surface area contributed by atoms with Gasteiger partial charge in [-0.15, -0.1) is 0 Å². The number of aromatic nitrogens is 1. The molecule has 1 heterocycles. The Morgan fingerprint density at radius 1 is 1.03 bits per heavy atom. The monoisotopic (exact) mass is 444 g/mol. The molecule has 0 saturated carbocycles. The Kier molecular flexibility index (Phi) is 6.66. The van der Waals surface area contributed by atoms with Crippen molar-refractivity contribution in [3.05, 3.63) is 101 Å². The van der Waals surface area contributed by atoms with E-state index in [0.29, 0.717) is 16.7 Å².